The van der Waals surface area contributed by atoms with Gasteiger partial charge in [0.15, 0.2) is 0 Å². The van der Waals surface area contributed by atoms with E-state index >= 15 is 0 Å². The summed E-state index contributed by atoms with van der Waals surface area (Å²) in [7, 11) is 0. The molecule has 9 aromatic carbocycles. The zero-order chi connectivity index (χ0) is 32.1. The van der Waals surface area contributed by atoms with Crippen molar-refractivity contribution in [3.8, 4) is 33.4 Å². The molecule has 0 N–H and O–H groups in total. The number of hydrogen-bond acceptors (Lipinski definition) is 0. The number of hydrogen-bond donors (Lipinski definition) is 0. The normalized spacial score (nSPS) is 12.1. The van der Waals surface area contributed by atoms with Crippen LogP contribution in [0.15, 0.2) is 176 Å². The van der Waals surface area contributed by atoms with Crippen LogP contribution in [0.3, 0.4) is 0 Å². The molecule has 11 aromatic rings. The zero-order valence-electron chi connectivity index (χ0n) is 26.7. The molecular weight excluding hydrogens is 591 g/mol. The van der Waals surface area contributed by atoms with Gasteiger partial charge in [0.1, 0.15) is 0 Å². The van der Waals surface area contributed by atoms with E-state index in [-0.39, 0.29) is 0 Å². The van der Waals surface area contributed by atoms with Crippen LogP contribution in [-0.2, 0) is 0 Å². The van der Waals surface area contributed by atoms with Crippen LogP contribution in [0.2, 0.25) is 0 Å². The Hall–Kier alpha value is -6.44. The van der Waals surface area contributed by atoms with Gasteiger partial charge in [-0.15, -0.1) is 0 Å². The summed E-state index contributed by atoms with van der Waals surface area (Å²) in [6, 6.07) is 64.9. The maximum atomic E-state index is 2.52. The first kappa shape index (κ1) is 26.6. The van der Waals surface area contributed by atoms with Crippen LogP contribution in [0.25, 0.3) is 104 Å². The molecule has 0 spiro atoms. The fourth-order valence-electron chi connectivity index (χ4n) is 8.69. The summed E-state index contributed by atoms with van der Waals surface area (Å²) in [6.45, 7) is 0. The first-order chi connectivity index (χ1) is 24.3. The molecule has 11 rings (SSSR count). The minimum atomic E-state index is 1.23. The lowest BCUT2D eigenvalue weighted by Gasteiger charge is -2.19. The SMILES string of the molecule is c1ccc2c(-c3ccc(-c4c5ccccc5c(-c5cccc6c7cccc8c9ccccc9n(c56)c87)c5ccccc45)cc3)cccc2c1. The van der Waals surface area contributed by atoms with Crippen molar-refractivity contribution in [2.45, 2.75) is 0 Å². The van der Waals surface area contributed by atoms with Crippen LogP contribution in [0.5, 0.6) is 0 Å². The average Bonchev–Trinajstić information content (AvgIpc) is 3.69. The molecule has 0 atom stereocenters. The monoisotopic (exact) mass is 619 g/mol. The molecule has 0 bridgehead atoms. The van der Waals surface area contributed by atoms with Crippen molar-refractivity contribution in [3.63, 3.8) is 0 Å². The lowest BCUT2D eigenvalue weighted by Crippen LogP contribution is -1.93. The predicted octanol–water partition coefficient (Wildman–Crippen LogP) is 13.3. The van der Waals surface area contributed by atoms with Crippen molar-refractivity contribution in [1.29, 1.82) is 0 Å². The Morgan fingerprint density at radius 3 is 1.43 bits per heavy atom. The van der Waals surface area contributed by atoms with Gasteiger partial charge in [0.2, 0.25) is 0 Å². The highest BCUT2D eigenvalue weighted by molar-refractivity contribution is 6.28. The topological polar surface area (TPSA) is 4.41 Å². The third kappa shape index (κ3) is 3.65. The molecule has 1 heteroatoms. The Morgan fingerprint density at radius 2 is 0.714 bits per heavy atom. The van der Waals surface area contributed by atoms with E-state index in [1.165, 1.54) is 104 Å². The zero-order valence-corrected chi connectivity index (χ0v) is 26.7. The van der Waals surface area contributed by atoms with E-state index in [1.807, 2.05) is 0 Å². The summed E-state index contributed by atoms with van der Waals surface area (Å²) >= 11 is 0. The molecule has 2 heterocycles. The number of para-hydroxylation sites is 3. The fraction of sp³-hybridized carbons (Fsp3) is 0. The largest absolute Gasteiger partial charge is 0.307 e. The van der Waals surface area contributed by atoms with Gasteiger partial charge in [-0.25, -0.2) is 0 Å². The second-order valence-electron chi connectivity index (χ2n) is 13.2. The highest BCUT2D eigenvalue weighted by atomic mass is 14.9. The third-order valence-corrected chi connectivity index (χ3v) is 10.7. The molecule has 0 aliphatic rings. The first-order valence-corrected chi connectivity index (χ1v) is 17.0. The second-order valence-corrected chi connectivity index (χ2v) is 13.2. The molecule has 0 fully saturated rings. The summed E-state index contributed by atoms with van der Waals surface area (Å²) in [5, 5.41) is 12.8. The number of aromatic nitrogens is 1. The van der Waals surface area contributed by atoms with Crippen LogP contribution in [0.1, 0.15) is 0 Å². The third-order valence-electron chi connectivity index (χ3n) is 10.7. The highest BCUT2D eigenvalue weighted by Gasteiger charge is 2.23. The van der Waals surface area contributed by atoms with Gasteiger partial charge in [0.25, 0.3) is 0 Å². The highest BCUT2D eigenvalue weighted by Crippen LogP contribution is 2.48. The van der Waals surface area contributed by atoms with E-state index in [1.54, 1.807) is 0 Å². The van der Waals surface area contributed by atoms with Gasteiger partial charge in [0.05, 0.1) is 16.6 Å². The van der Waals surface area contributed by atoms with E-state index in [4.69, 9.17) is 0 Å². The van der Waals surface area contributed by atoms with Gasteiger partial charge in [-0.1, -0.05) is 170 Å². The maximum absolute atomic E-state index is 2.52. The average molecular weight is 620 g/mol. The lowest BCUT2D eigenvalue weighted by atomic mass is 9.85. The first-order valence-electron chi connectivity index (χ1n) is 17.0. The molecule has 0 unspecified atom stereocenters. The molecule has 226 valence electrons. The standard InChI is InChI=1S/C48H29N/c1-2-14-33-30(12-1)13-9-20-34(33)31-26-28-32(29-27-31)45-36-16-3-5-18-38(36)46(39-19-6-4-17-37(39)45)43-24-11-23-42-41-22-10-21-40-35-15-7-8-25-44(35)49(47(40)41)48(42)43/h1-29H. The van der Waals surface area contributed by atoms with E-state index < -0.39 is 0 Å². The molecule has 0 aliphatic carbocycles. The van der Waals surface area contributed by atoms with E-state index in [9.17, 15) is 0 Å². The van der Waals surface area contributed by atoms with Crippen molar-refractivity contribution < 1.29 is 0 Å². The van der Waals surface area contributed by atoms with Gasteiger partial charge >= 0.3 is 0 Å². The summed E-state index contributed by atoms with van der Waals surface area (Å²) in [5.74, 6) is 0. The van der Waals surface area contributed by atoms with Crippen LogP contribution >= 0.6 is 0 Å². The summed E-state index contributed by atoms with van der Waals surface area (Å²) in [6.07, 6.45) is 0. The van der Waals surface area contributed by atoms with Crippen molar-refractivity contribution in [2.75, 3.05) is 0 Å². The predicted molar refractivity (Wildman–Crippen MR) is 210 cm³/mol. The van der Waals surface area contributed by atoms with Crippen molar-refractivity contribution in [3.05, 3.63) is 176 Å². The molecule has 0 saturated heterocycles. The Kier molecular flexibility index (Phi) is 5.45. The van der Waals surface area contributed by atoms with Crippen molar-refractivity contribution in [1.82, 2.24) is 4.40 Å². The van der Waals surface area contributed by atoms with E-state index in [0.29, 0.717) is 0 Å². The van der Waals surface area contributed by atoms with Crippen molar-refractivity contribution >= 4 is 70.4 Å². The molecule has 0 saturated carbocycles. The molecule has 1 nitrogen and oxygen atoms in total. The molecule has 0 aliphatic heterocycles. The second kappa shape index (κ2) is 10.0. The molecule has 2 aromatic heterocycles. The lowest BCUT2D eigenvalue weighted by molar-refractivity contribution is 1.37. The molecule has 0 amide bonds. The van der Waals surface area contributed by atoms with Gasteiger partial charge in [-0.2, -0.15) is 0 Å². The number of fused-ring (bicyclic) bond motifs is 9. The number of rotatable bonds is 3. The molecule has 0 radical (unpaired) electrons. The van der Waals surface area contributed by atoms with Crippen molar-refractivity contribution in [2.24, 2.45) is 0 Å². The number of nitrogens with zero attached hydrogens (tertiary/aromatic N) is 1. The van der Waals surface area contributed by atoms with Crippen LogP contribution in [-0.4, -0.2) is 4.40 Å². The fourth-order valence-corrected chi connectivity index (χ4v) is 8.69. The summed E-state index contributed by atoms with van der Waals surface area (Å²) in [4.78, 5) is 0. The smallest absolute Gasteiger partial charge is 0.0620 e. The minimum absolute atomic E-state index is 1.23. The Bertz CT molecular complexity index is 3030. The van der Waals surface area contributed by atoms with Gasteiger partial charge < -0.3 is 4.40 Å². The Balaban J connectivity index is 1.21. The Morgan fingerprint density at radius 1 is 0.265 bits per heavy atom. The number of benzene rings is 9. The molecular formula is C48H29N. The van der Waals surface area contributed by atoms with Crippen LogP contribution in [0, 0.1) is 0 Å². The quantitative estimate of drug-likeness (QED) is 0.173. The summed E-state index contributed by atoms with van der Waals surface area (Å²) in [5.41, 5.74) is 11.4. The Labute approximate surface area is 283 Å². The minimum Gasteiger partial charge on any atom is -0.307 e. The van der Waals surface area contributed by atoms with E-state index in [2.05, 4.69) is 180 Å². The van der Waals surface area contributed by atoms with Crippen LogP contribution < -0.4 is 0 Å². The maximum Gasteiger partial charge on any atom is 0.0620 e. The van der Waals surface area contributed by atoms with Gasteiger partial charge in [0, 0.05) is 27.1 Å². The van der Waals surface area contributed by atoms with Gasteiger partial charge in [-0.3, -0.25) is 0 Å². The summed E-state index contributed by atoms with van der Waals surface area (Å²) < 4.78 is 2.52. The molecule has 49 heavy (non-hydrogen) atoms. The van der Waals surface area contributed by atoms with Gasteiger partial charge in [-0.05, 0) is 66.2 Å². The van der Waals surface area contributed by atoms with E-state index in [0.717, 1.165) is 0 Å². The van der Waals surface area contributed by atoms with Crippen LogP contribution in [0.4, 0.5) is 0 Å².